The predicted octanol–water partition coefficient (Wildman–Crippen LogP) is 2.16. The molecule has 4 nitrogen and oxygen atoms in total. The summed E-state index contributed by atoms with van der Waals surface area (Å²) in [5.74, 6) is 0. The molecule has 0 fully saturated rings. The molecule has 0 N–H and O–H groups in total. The smallest absolute Gasteiger partial charge is 0.258 e. The molecule has 0 atom stereocenters. The monoisotopic (exact) mass is 168 g/mol. The van der Waals surface area contributed by atoms with Crippen molar-refractivity contribution in [2.45, 2.75) is 20.3 Å². The van der Waals surface area contributed by atoms with Gasteiger partial charge >= 0.3 is 0 Å². The number of nitrogens with zero attached hydrogens (tertiary/aromatic N) is 2. The highest BCUT2D eigenvalue weighted by Crippen LogP contribution is 2.06. The maximum absolute atomic E-state index is 10.4. The Morgan fingerprint density at radius 1 is 1.75 bits per heavy atom. The lowest BCUT2D eigenvalue weighted by Gasteiger charge is -1.94. The minimum Gasteiger partial charge on any atom is -0.258 e. The molecule has 0 unspecified atom stereocenters. The molecule has 0 bridgehead atoms. The van der Waals surface area contributed by atoms with Crippen LogP contribution < -0.4 is 0 Å². The number of nitro groups is 1. The molecule has 0 aromatic rings. The van der Waals surface area contributed by atoms with Gasteiger partial charge in [0.15, 0.2) is 0 Å². The minimum atomic E-state index is -0.439. The van der Waals surface area contributed by atoms with E-state index in [-0.39, 0.29) is 5.70 Å². The van der Waals surface area contributed by atoms with Crippen LogP contribution in [0.1, 0.15) is 20.3 Å². The summed E-state index contributed by atoms with van der Waals surface area (Å²) in [6, 6.07) is 0. The van der Waals surface area contributed by atoms with E-state index in [4.69, 9.17) is 0 Å². The summed E-state index contributed by atoms with van der Waals surface area (Å²) < 4.78 is 0. The Kier molecular flexibility index (Phi) is 4.60. The third-order valence-electron chi connectivity index (χ3n) is 1.47. The van der Waals surface area contributed by atoms with Gasteiger partial charge in [0, 0.05) is 11.8 Å². The first-order valence-electron chi connectivity index (χ1n) is 3.61. The van der Waals surface area contributed by atoms with Crippen molar-refractivity contribution in [3.8, 4) is 0 Å². The molecule has 0 spiro atoms. The van der Waals surface area contributed by atoms with Gasteiger partial charge in [0.1, 0.15) is 6.21 Å². The van der Waals surface area contributed by atoms with E-state index in [0.717, 1.165) is 0 Å². The summed E-state index contributed by atoms with van der Waals surface area (Å²) in [6.45, 7) is 6.91. The fourth-order valence-corrected chi connectivity index (χ4v) is 0.618. The van der Waals surface area contributed by atoms with Crippen LogP contribution in [-0.2, 0) is 0 Å². The Morgan fingerprint density at radius 2 is 2.33 bits per heavy atom. The standard InChI is InChI=1S/C8H12N2O2/c1-4-7(3)8(10(11)12)6-9-5-2/h5-6H,2,4H2,1,3H3/b8-7+,9-6?. The number of hydrogen-bond acceptors (Lipinski definition) is 3. The van der Waals surface area contributed by atoms with Gasteiger partial charge in [-0.05, 0) is 13.3 Å². The van der Waals surface area contributed by atoms with Gasteiger partial charge in [0.05, 0.1) is 4.92 Å². The molecule has 0 aliphatic rings. The zero-order valence-corrected chi connectivity index (χ0v) is 7.28. The lowest BCUT2D eigenvalue weighted by Crippen LogP contribution is -2.02. The topological polar surface area (TPSA) is 55.5 Å². The van der Waals surface area contributed by atoms with Gasteiger partial charge < -0.3 is 0 Å². The van der Waals surface area contributed by atoms with Crippen LogP contribution in [0.15, 0.2) is 29.0 Å². The number of rotatable bonds is 4. The third-order valence-corrected chi connectivity index (χ3v) is 1.47. The van der Waals surface area contributed by atoms with Gasteiger partial charge in [0.25, 0.3) is 5.70 Å². The second-order valence-electron chi connectivity index (χ2n) is 2.24. The van der Waals surface area contributed by atoms with Crippen LogP contribution in [0.25, 0.3) is 0 Å². The Balaban J connectivity index is 4.78. The van der Waals surface area contributed by atoms with Crippen molar-refractivity contribution in [2.75, 3.05) is 0 Å². The fraction of sp³-hybridized carbons (Fsp3) is 0.375. The number of hydrogen-bond donors (Lipinski definition) is 0. The van der Waals surface area contributed by atoms with Gasteiger partial charge in [-0.25, -0.2) is 0 Å². The number of aliphatic imine (C=N–C) groups is 1. The van der Waals surface area contributed by atoms with Crippen LogP contribution in [0, 0.1) is 10.1 Å². The number of allylic oxidation sites excluding steroid dienone is 2. The Labute approximate surface area is 71.5 Å². The largest absolute Gasteiger partial charge is 0.286 e. The Hall–Kier alpha value is -1.45. The van der Waals surface area contributed by atoms with Crippen LogP contribution in [0.4, 0.5) is 0 Å². The molecule has 0 aliphatic carbocycles. The Morgan fingerprint density at radius 3 is 2.67 bits per heavy atom. The van der Waals surface area contributed by atoms with E-state index >= 15 is 0 Å². The lowest BCUT2D eigenvalue weighted by molar-refractivity contribution is -0.415. The van der Waals surface area contributed by atoms with Gasteiger partial charge in [-0.3, -0.25) is 15.1 Å². The molecule has 0 aliphatic heterocycles. The first kappa shape index (κ1) is 10.6. The average molecular weight is 168 g/mol. The second-order valence-corrected chi connectivity index (χ2v) is 2.24. The van der Waals surface area contributed by atoms with Crippen molar-refractivity contribution in [3.05, 3.63) is 34.2 Å². The first-order chi connectivity index (χ1) is 5.63. The quantitative estimate of drug-likeness (QED) is 0.367. The van der Waals surface area contributed by atoms with Gasteiger partial charge in [-0.15, -0.1) is 0 Å². The van der Waals surface area contributed by atoms with Crippen LogP contribution in [-0.4, -0.2) is 11.1 Å². The molecule has 0 amide bonds. The molecule has 66 valence electrons. The summed E-state index contributed by atoms with van der Waals surface area (Å²) in [5, 5.41) is 10.4. The van der Waals surface area contributed by atoms with Gasteiger partial charge in [0.2, 0.25) is 0 Å². The maximum atomic E-state index is 10.4. The molecule has 0 saturated carbocycles. The van der Waals surface area contributed by atoms with E-state index < -0.39 is 4.92 Å². The molecule has 0 saturated heterocycles. The van der Waals surface area contributed by atoms with E-state index in [1.165, 1.54) is 12.4 Å². The van der Waals surface area contributed by atoms with Crippen molar-refractivity contribution < 1.29 is 4.92 Å². The SMILES string of the molecule is C=CN=C/C(=C(/C)CC)[N+](=O)[O-]. The molecule has 0 rings (SSSR count). The molecule has 0 radical (unpaired) electrons. The second kappa shape index (κ2) is 5.23. The van der Waals surface area contributed by atoms with Crippen LogP contribution in [0.3, 0.4) is 0 Å². The van der Waals surface area contributed by atoms with Crippen molar-refractivity contribution in [2.24, 2.45) is 4.99 Å². The zero-order chi connectivity index (χ0) is 9.56. The van der Waals surface area contributed by atoms with E-state index in [9.17, 15) is 10.1 Å². The molecular formula is C8H12N2O2. The highest BCUT2D eigenvalue weighted by molar-refractivity contribution is 5.76. The Bertz CT molecular complexity index is 241. The summed E-state index contributed by atoms with van der Waals surface area (Å²) in [5.41, 5.74) is 0.767. The van der Waals surface area contributed by atoms with E-state index in [1.54, 1.807) is 6.92 Å². The summed E-state index contributed by atoms with van der Waals surface area (Å²) in [4.78, 5) is 13.6. The van der Waals surface area contributed by atoms with Crippen LogP contribution in [0.2, 0.25) is 0 Å². The van der Waals surface area contributed by atoms with Gasteiger partial charge in [-0.1, -0.05) is 13.5 Å². The fourth-order valence-electron chi connectivity index (χ4n) is 0.618. The van der Waals surface area contributed by atoms with E-state index in [0.29, 0.717) is 12.0 Å². The maximum Gasteiger partial charge on any atom is 0.286 e. The molecule has 12 heavy (non-hydrogen) atoms. The summed E-state index contributed by atoms with van der Waals surface area (Å²) in [7, 11) is 0. The summed E-state index contributed by atoms with van der Waals surface area (Å²) >= 11 is 0. The van der Waals surface area contributed by atoms with Crippen LogP contribution >= 0.6 is 0 Å². The molecule has 0 aromatic heterocycles. The first-order valence-corrected chi connectivity index (χ1v) is 3.61. The highest BCUT2D eigenvalue weighted by atomic mass is 16.6. The van der Waals surface area contributed by atoms with E-state index in [2.05, 4.69) is 11.6 Å². The van der Waals surface area contributed by atoms with Crippen molar-refractivity contribution >= 4 is 6.21 Å². The summed E-state index contributed by atoms with van der Waals surface area (Å²) in [6.07, 6.45) is 3.14. The molecule has 4 heteroatoms. The molecule has 0 heterocycles. The predicted molar refractivity (Wildman–Crippen MR) is 48.7 cm³/mol. The third kappa shape index (κ3) is 3.09. The molecule has 0 aromatic carbocycles. The zero-order valence-electron chi connectivity index (χ0n) is 7.28. The van der Waals surface area contributed by atoms with Crippen molar-refractivity contribution in [1.82, 2.24) is 0 Å². The highest BCUT2D eigenvalue weighted by Gasteiger charge is 2.09. The van der Waals surface area contributed by atoms with Crippen molar-refractivity contribution in [1.29, 1.82) is 0 Å². The van der Waals surface area contributed by atoms with E-state index in [1.807, 2.05) is 6.92 Å². The van der Waals surface area contributed by atoms with Crippen molar-refractivity contribution in [3.63, 3.8) is 0 Å². The molecular weight excluding hydrogens is 156 g/mol. The lowest BCUT2D eigenvalue weighted by atomic mass is 10.2. The minimum absolute atomic E-state index is 0.0531. The normalized spacial score (nSPS) is 12.8. The van der Waals surface area contributed by atoms with Gasteiger partial charge in [-0.2, -0.15) is 0 Å². The van der Waals surface area contributed by atoms with Crippen LogP contribution in [0.5, 0.6) is 0 Å². The average Bonchev–Trinajstić information content (AvgIpc) is 2.04.